The van der Waals surface area contributed by atoms with Crippen LogP contribution in [0, 0.1) is 0 Å². The molecule has 0 atom stereocenters. The molecule has 3 aromatic heterocycles. The van der Waals surface area contributed by atoms with Gasteiger partial charge in [0.2, 0.25) is 5.89 Å². The lowest BCUT2D eigenvalue weighted by molar-refractivity contribution is 0.620. The number of oxazole rings is 1. The van der Waals surface area contributed by atoms with Gasteiger partial charge in [0.1, 0.15) is 5.58 Å². The number of rotatable bonds is 3. The van der Waals surface area contributed by atoms with Crippen molar-refractivity contribution in [3.8, 4) is 33.8 Å². The van der Waals surface area contributed by atoms with Gasteiger partial charge in [0.05, 0.1) is 11.2 Å². The maximum absolute atomic E-state index is 6.67. The molecule has 0 amide bonds. The minimum atomic E-state index is 0.586. The molecule has 0 fully saturated rings. The number of fused-ring (bicyclic) bond motifs is 8. The van der Waals surface area contributed by atoms with E-state index >= 15 is 0 Å². The molecule has 0 bridgehead atoms. The molecule has 42 heavy (non-hydrogen) atoms. The van der Waals surface area contributed by atoms with Crippen molar-refractivity contribution < 1.29 is 8.83 Å². The molecular formula is C38H22N2O2. The Morgan fingerprint density at radius 2 is 1.17 bits per heavy atom. The summed E-state index contributed by atoms with van der Waals surface area (Å²) in [5.74, 6) is 0.586. The van der Waals surface area contributed by atoms with Crippen LogP contribution in [-0.4, -0.2) is 9.97 Å². The van der Waals surface area contributed by atoms with Crippen molar-refractivity contribution in [2.45, 2.75) is 0 Å². The maximum atomic E-state index is 6.67. The highest BCUT2D eigenvalue weighted by atomic mass is 16.4. The molecule has 0 spiro atoms. The van der Waals surface area contributed by atoms with Gasteiger partial charge in [-0.05, 0) is 59.5 Å². The van der Waals surface area contributed by atoms with Gasteiger partial charge in [0.15, 0.2) is 16.7 Å². The minimum Gasteiger partial charge on any atom is -0.453 e. The van der Waals surface area contributed by atoms with Gasteiger partial charge in [0.25, 0.3) is 0 Å². The van der Waals surface area contributed by atoms with Crippen molar-refractivity contribution >= 4 is 54.7 Å². The van der Waals surface area contributed by atoms with Crippen molar-refractivity contribution in [1.29, 1.82) is 0 Å². The van der Waals surface area contributed by atoms with Gasteiger partial charge >= 0.3 is 0 Å². The van der Waals surface area contributed by atoms with Crippen LogP contribution in [0.5, 0.6) is 0 Å². The van der Waals surface area contributed by atoms with E-state index in [4.69, 9.17) is 18.8 Å². The molecule has 196 valence electrons. The Bertz CT molecular complexity index is 2460. The van der Waals surface area contributed by atoms with E-state index in [2.05, 4.69) is 84.9 Å². The predicted molar refractivity (Wildman–Crippen MR) is 170 cm³/mol. The number of benzene rings is 6. The van der Waals surface area contributed by atoms with Crippen molar-refractivity contribution in [1.82, 2.24) is 9.97 Å². The summed E-state index contributed by atoms with van der Waals surface area (Å²) in [7, 11) is 0. The summed E-state index contributed by atoms with van der Waals surface area (Å²) in [6.45, 7) is 0. The molecule has 0 aliphatic heterocycles. The Morgan fingerprint density at radius 1 is 0.452 bits per heavy atom. The molecule has 4 heteroatoms. The lowest BCUT2D eigenvalue weighted by atomic mass is 9.95. The number of hydrogen-bond acceptors (Lipinski definition) is 4. The fourth-order valence-corrected chi connectivity index (χ4v) is 6.03. The second kappa shape index (κ2) is 8.88. The highest BCUT2D eigenvalue weighted by molar-refractivity contribution is 6.19. The number of aromatic nitrogens is 2. The summed E-state index contributed by atoms with van der Waals surface area (Å²) in [5.41, 5.74) is 9.16. The molecule has 6 aromatic carbocycles. The first-order valence-electron chi connectivity index (χ1n) is 14.0. The number of hydrogen-bond donors (Lipinski definition) is 0. The fourth-order valence-electron chi connectivity index (χ4n) is 6.03. The maximum Gasteiger partial charge on any atom is 0.227 e. The van der Waals surface area contributed by atoms with Crippen LogP contribution in [0.25, 0.3) is 88.6 Å². The van der Waals surface area contributed by atoms with Gasteiger partial charge in [-0.15, -0.1) is 0 Å². The molecule has 0 N–H and O–H groups in total. The third-order valence-corrected chi connectivity index (χ3v) is 8.08. The third-order valence-electron chi connectivity index (χ3n) is 8.08. The van der Waals surface area contributed by atoms with Gasteiger partial charge in [-0.1, -0.05) is 84.9 Å². The van der Waals surface area contributed by atoms with Crippen molar-refractivity contribution in [3.05, 3.63) is 133 Å². The Kier molecular flexibility index (Phi) is 4.87. The first-order valence-corrected chi connectivity index (χ1v) is 14.0. The van der Waals surface area contributed by atoms with Crippen LogP contribution in [0.15, 0.2) is 142 Å². The fraction of sp³-hybridized carbons (Fsp3) is 0. The first-order chi connectivity index (χ1) is 20.8. The number of pyridine rings is 1. The zero-order chi connectivity index (χ0) is 27.6. The minimum absolute atomic E-state index is 0.586. The van der Waals surface area contributed by atoms with Crippen molar-refractivity contribution in [2.24, 2.45) is 0 Å². The molecule has 3 heterocycles. The van der Waals surface area contributed by atoms with Crippen LogP contribution in [0.2, 0.25) is 0 Å². The van der Waals surface area contributed by atoms with E-state index in [-0.39, 0.29) is 0 Å². The van der Waals surface area contributed by atoms with E-state index in [0.29, 0.717) is 11.5 Å². The normalized spacial score (nSPS) is 11.8. The molecule has 4 nitrogen and oxygen atoms in total. The van der Waals surface area contributed by atoms with Gasteiger partial charge < -0.3 is 8.83 Å². The van der Waals surface area contributed by atoms with Crippen LogP contribution < -0.4 is 0 Å². The Morgan fingerprint density at radius 3 is 2.02 bits per heavy atom. The van der Waals surface area contributed by atoms with Gasteiger partial charge in [-0.3, -0.25) is 0 Å². The SMILES string of the molecule is c1ccc(-c2nc3c(ccc4c5ccc6ccc(-c7cc8ccccc8nc7-c7ccccc7)cc6c5oc43)o2)cc1. The first kappa shape index (κ1) is 23.0. The van der Waals surface area contributed by atoms with Crippen LogP contribution in [-0.2, 0) is 0 Å². The molecule has 0 radical (unpaired) electrons. The summed E-state index contributed by atoms with van der Waals surface area (Å²) in [6.07, 6.45) is 0. The van der Waals surface area contributed by atoms with E-state index in [0.717, 1.165) is 77.1 Å². The number of nitrogens with zero attached hydrogens (tertiary/aromatic N) is 2. The summed E-state index contributed by atoms with van der Waals surface area (Å²) in [5, 5.41) is 5.35. The lowest BCUT2D eigenvalue weighted by Crippen LogP contribution is -1.91. The van der Waals surface area contributed by atoms with E-state index in [9.17, 15) is 0 Å². The molecule has 0 saturated heterocycles. The average Bonchev–Trinajstić information content (AvgIpc) is 3.67. The summed E-state index contributed by atoms with van der Waals surface area (Å²) in [6, 6.07) is 45.8. The van der Waals surface area contributed by atoms with Crippen molar-refractivity contribution in [2.75, 3.05) is 0 Å². The molecule has 0 unspecified atom stereocenters. The van der Waals surface area contributed by atoms with Gasteiger partial charge in [0, 0.05) is 38.2 Å². The number of para-hydroxylation sites is 1. The smallest absolute Gasteiger partial charge is 0.227 e. The summed E-state index contributed by atoms with van der Waals surface area (Å²) < 4.78 is 12.8. The third kappa shape index (κ3) is 3.49. The van der Waals surface area contributed by atoms with Crippen LogP contribution in [0.1, 0.15) is 0 Å². The molecule has 0 aliphatic carbocycles. The zero-order valence-electron chi connectivity index (χ0n) is 22.4. The standard InChI is InChI=1S/C38H22N2O2/c1-3-9-24(10-4-1)34-30(22-27-13-7-8-14-32(27)39-34)26-16-15-23-17-18-28-29-19-20-33-35(37(29)42-36(28)31(23)21-26)40-38(41-33)25-11-5-2-6-12-25/h1-22H. The Balaban J connectivity index is 1.29. The van der Waals surface area contributed by atoms with Crippen LogP contribution in [0.3, 0.4) is 0 Å². The topological polar surface area (TPSA) is 52.1 Å². The summed E-state index contributed by atoms with van der Waals surface area (Å²) >= 11 is 0. The highest BCUT2D eigenvalue weighted by Crippen LogP contribution is 2.41. The second-order valence-electron chi connectivity index (χ2n) is 10.6. The Labute approximate surface area is 240 Å². The zero-order valence-corrected chi connectivity index (χ0v) is 22.4. The van der Waals surface area contributed by atoms with Crippen molar-refractivity contribution in [3.63, 3.8) is 0 Å². The molecule has 9 aromatic rings. The molecule has 0 saturated carbocycles. The van der Waals surface area contributed by atoms with Crippen LogP contribution in [0.4, 0.5) is 0 Å². The van der Waals surface area contributed by atoms with Crippen LogP contribution >= 0.6 is 0 Å². The largest absolute Gasteiger partial charge is 0.453 e. The summed E-state index contributed by atoms with van der Waals surface area (Å²) in [4.78, 5) is 9.98. The van der Waals surface area contributed by atoms with E-state index in [1.54, 1.807) is 0 Å². The number of furan rings is 1. The van der Waals surface area contributed by atoms with E-state index in [1.165, 1.54) is 0 Å². The second-order valence-corrected chi connectivity index (χ2v) is 10.6. The highest BCUT2D eigenvalue weighted by Gasteiger charge is 2.18. The average molecular weight is 539 g/mol. The molecule has 0 aliphatic rings. The lowest BCUT2D eigenvalue weighted by Gasteiger charge is -2.12. The molecular weight excluding hydrogens is 516 g/mol. The predicted octanol–water partition coefficient (Wildman–Crippen LogP) is 10.4. The van der Waals surface area contributed by atoms with Gasteiger partial charge in [-0.2, -0.15) is 0 Å². The van der Waals surface area contributed by atoms with E-state index in [1.807, 2.05) is 48.5 Å². The Hall–Kier alpha value is -5.74. The quantitative estimate of drug-likeness (QED) is 0.224. The monoisotopic (exact) mass is 538 g/mol. The van der Waals surface area contributed by atoms with Gasteiger partial charge in [-0.25, -0.2) is 9.97 Å². The molecule has 9 rings (SSSR count). The van der Waals surface area contributed by atoms with E-state index < -0.39 is 0 Å².